The second kappa shape index (κ2) is 8.63. The Labute approximate surface area is 204 Å². The van der Waals surface area contributed by atoms with Crippen LogP contribution in [-0.4, -0.2) is 51.6 Å². The Hall–Kier alpha value is -2.38. The average molecular weight is 524 g/mol. The first-order chi connectivity index (χ1) is 16.3. The fraction of sp³-hybridized carbons (Fsp3) is 0.478. The molecule has 0 aliphatic heterocycles. The predicted molar refractivity (Wildman–Crippen MR) is 128 cm³/mol. The Bertz CT molecular complexity index is 1400. The van der Waals surface area contributed by atoms with Gasteiger partial charge in [0, 0.05) is 17.3 Å². The molecular weight excluding hydrogens is 494 g/mol. The molecule has 190 valence electrons. The molecule has 10 nitrogen and oxygen atoms in total. The van der Waals surface area contributed by atoms with Crippen LogP contribution in [0.4, 0.5) is 0 Å². The highest BCUT2D eigenvalue weighted by molar-refractivity contribution is 7.91. The minimum absolute atomic E-state index is 0.104. The molecule has 35 heavy (non-hydrogen) atoms. The lowest BCUT2D eigenvalue weighted by atomic mass is 9.70. The third kappa shape index (κ3) is 4.06. The fourth-order valence-corrected chi connectivity index (χ4v) is 9.05. The van der Waals surface area contributed by atoms with Gasteiger partial charge in [-0.1, -0.05) is 57.2 Å². The zero-order chi connectivity index (χ0) is 25.8. The van der Waals surface area contributed by atoms with Crippen LogP contribution >= 0.6 is 0 Å². The van der Waals surface area contributed by atoms with Crippen molar-refractivity contribution >= 4 is 42.5 Å². The fourth-order valence-electron chi connectivity index (χ4n) is 5.60. The molecule has 4 rings (SSSR count). The van der Waals surface area contributed by atoms with E-state index in [1.54, 1.807) is 43.3 Å². The first kappa shape index (κ1) is 25.7. The molecule has 0 heterocycles. The maximum Gasteiger partial charge on any atom is 0.262 e. The standard InChI is InChI=1S/C23H29N3O7S2/c1-22(2)16-11-12-23(22,3)20(27)19(16)35(32,33)24-13-17(21(28)25-29)26-34(30,31)18-10-6-8-14-7-4-5-9-15(14)18/h4-10,16-17,19,24,26,29H,11-13H2,1-3H3,(H,25,28). The van der Waals surface area contributed by atoms with E-state index in [1.165, 1.54) is 11.5 Å². The van der Waals surface area contributed by atoms with E-state index in [2.05, 4.69) is 9.44 Å². The van der Waals surface area contributed by atoms with Crippen LogP contribution in [0, 0.1) is 16.7 Å². The molecule has 0 spiro atoms. The highest BCUT2D eigenvalue weighted by atomic mass is 32.2. The number of carbonyl (C=O) groups excluding carboxylic acids is 2. The van der Waals surface area contributed by atoms with Crippen molar-refractivity contribution in [3.63, 3.8) is 0 Å². The van der Waals surface area contributed by atoms with E-state index in [-0.39, 0.29) is 10.7 Å². The lowest BCUT2D eigenvalue weighted by molar-refractivity contribution is -0.130. The lowest BCUT2D eigenvalue weighted by Crippen LogP contribution is -2.54. The monoisotopic (exact) mass is 523 g/mol. The normalized spacial score (nSPS) is 26.7. The van der Waals surface area contributed by atoms with Crippen LogP contribution in [0.5, 0.6) is 0 Å². The van der Waals surface area contributed by atoms with Crippen molar-refractivity contribution in [3.05, 3.63) is 42.5 Å². The molecule has 1 amide bonds. The number of fused-ring (bicyclic) bond motifs is 3. The number of hydroxylamine groups is 1. The summed E-state index contributed by atoms with van der Waals surface area (Å²) in [6.07, 6.45) is 1.19. The number of benzene rings is 2. The summed E-state index contributed by atoms with van der Waals surface area (Å²) in [6.45, 7) is 4.87. The quantitative estimate of drug-likeness (QED) is 0.300. The van der Waals surface area contributed by atoms with Gasteiger partial charge in [-0.2, -0.15) is 4.72 Å². The number of nitrogens with one attached hydrogen (secondary N) is 3. The number of ketones is 1. The minimum Gasteiger partial charge on any atom is -0.298 e. The molecule has 0 radical (unpaired) electrons. The molecule has 2 aliphatic carbocycles. The van der Waals surface area contributed by atoms with Crippen molar-refractivity contribution in [1.82, 2.24) is 14.9 Å². The van der Waals surface area contributed by atoms with Gasteiger partial charge in [0.1, 0.15) is 11.3 Å². The molecule has 0 saturated heterocycles. The summed E-state index contributed by atoms with van der Waals surface area (Å²) in [5, 5.41) is 8.93. The molecule has 2 fully saturated rings. The highest BCUT2D eigenvalue weighted by Gasteiger charge is 2.69. The highest BCUT2D eigenvalue weighted by Crippen LogP contribution is 2.64. The van der Waals surface area contributed by atoms with Crippen LogP contribution in [-0.2, 0) is 29.6 Å². The van der Waals surface area contributed by atoms with E-state index in [1.807, 2.05) is 13.8 Å². The third-order valence-electron chi connectivity index (χ3n) is 8.06. The van der Waals surface area contributed by atoms with Gasteiger partial charge in [-0.05, 0) is 35.6 Å². The summed E-state index contributed by atoms with van der Waals surface area (Å²) < 4.78 is 57.1. The Morgan fingerprint density at radius 2 is 1.74 bits per heavy atom. The van der Waals surface area contributed by atoms with Crippen LogP contribution in [0.1, 0.15) is 33.6 Å². The second-order valence-corrected chi connectivity index (χ2v) is 13.6. The largest absolute Gasteiger partial charge is 0.298 e. The van der Waals surface area contributed by atoms with Crippen LogP contribution < -0.4 is 14.9 Å². The van der Waals surface area contributed by atoms with Gasteiger partial charge in [0.15, 0.2) is 5.78 Å². The molecule has 2 aromatic carbocycles. The molecule has 2 aliphatic rings. The summed E-state index contributed by atoms with van der Waals surface area (Å²) in [5.41, 5.74) is 0.0878. The van der Waals surface area contributed by atoms with Crippen LogP contribution in [0.15, 0.2) is 47.4 Å². The minimum atomic E-state index is -4.30. The van der Waals surface area contributed by atoms with E-state index < -0.39 is 60.5 Å². The van der Waals surface area contributed by atoms with E-state index in [0.717, 1.165) is 0 Å². The lowest BCUT2D eigenvalue weighted by Gasteiger charge is -2.32. The number of amides is 1. The molecule has 2 aromatic rings. The zero-order valence-electron chi connectivity index (χ0n) is 19.6. The van der Waals surface area contributed by atoms with E-state index in [9.17, 15) is 26.4 Å². The molecule has 12 heteroatoms. The molecule has 4 unspecified atom stereocenters. The van der Waals surface area contributed by atoms with Crippen molar-refractivity contribution in [3.8, 4) is 0 Å². The first-order valence-corrected chi connectivity index (χ1v) is 14.3. The van der Waals surface area contributed by atoms with Gasteiger partial charge >= 0.3 is 0 Å². The molecule has 2 bridgehead atoms. The number of hydrogen-bond donors (Lipinski definition) is 4. The summed E-state index contributed by atoms with van der Waals surface area (Å²) >= 11 is 0. The molecule has 4 N–H and O–H groups in total. The Kier molecular flexibility index (Phi) is 6.34. The van der Waals surface area contributed by atoms with Crippen molar-refractivity contribution in [2.45, 2.75) is 49.8 Å². The van der Waals surface area contributed by atoms with Gasteiger partial charge in [-0.15, -0.1) is 0 Å². The Balaban J connectivity index is 1.58. The smallest absolute Gasteiger partial charge is 0.262 e. The van der Waals surface area contributed by atoms with Crippen LogP contribution in [0.3, 0.4) is 0 Å². The van der Waals surface area contributed by atoms with Crippen molar-refractivity contribution in [1.29, 1.82) is 0 Å². The average Bonchev–Trinajstić information content (AvgIpc) is 3.13. The van der Waals surface area contributed by atoms with E-state index >= 15 is 0 Å². The maximum atomic E-state index is 13.2. The molecule has 0 aromatic heterocycles. The summed E-state index contributed by atoms with van der Waals surface area (Å²) in [7, 11) is -8.54. The summed E-state index contributed by atoms with van der Waals surface area (Å²) in [5.74, 6) is -1.91. The maximum absolute atomic E-state index is 13.2. The number of rotatable bonds is 8. The van der Waals surface area contributed by atoms with Gasteiger partial charge in [-0.25, -0.2) is 27.0 Å². The number of Topliss-reactive ketones (excluding diaryl/α,β-unsaturated/α-hetero) is 1. The molecule has 4 atom stereocenters. The summed E-state index contributed by atoms with van der Waals surface area (Å²) in [4.78, 5) is 25.2. The summed E-state index contributed by atoms with van der Waals surface area (Å²) in [6, 6.07) is 9.73. The number of hydrogen-bond acceptors (Lipinski definition) is 7. The van der Waals surface area contributed by atoms with Gasteiger partial charge in [-0.3, -0.25) is 14.8 Å². The Morgan fingerprint density at radius 3 is 2.37 bits per heavy atom. The van der Waals surface area contributed by atoms with Crippen molar-refractivity contribution in [2.75, 3.05) is 6.54 Å². The van der Waals surface area contributed by atoms with Crippen molar-refractivity contribution in [2.24, 2.45) is 16.7 Å². The van der Waals surface area contributed by atoms with Crippen LogP contribution in [0.25, 0.3) is 10.8 Å². The van der Waals surface area contributed by atoms with Gasteiger partial charge < -0.3 is 0 Å². The van der Waals surface area contributed by atoms with Crippen molar-refractivity contribution < 1.29 is 31.6 Å². The van der Waals surface area contributed by atoms with Gasteiger partial charge in [0.25, 0.3) is 5.91 Å². The SMILES string of the molecule is CC12CCC(C(S(=O)(=O)NCC(NS(=O)(=O)c3cccc4ccccc34)C(=O)NO)C1=O)C2(C)C. The molecule has 2 saturated carbocycles. The number of carbonyl (C=O) groups is 2. The van der Waals surface area contributed by atoms with E-state index in [0.29, 0.717) is 23.6 Å². The predicted octanol–water partition coefficient (Wildman–Crippen LogP) is 1.31. The topological polar surface area (TPSA) is 159 Å². The van der Waals surface area contributed by atoms with Gasteiger partial charge in [0.2, 0.25) is 20.0 Å². The van der Waals surface area contributed by atoms with Gasteiger partial charge in [0.05, 0.1) is 4.90 Å². The Morgan fingerprint density at radius 1 is 1.09 bits per heavy atom. The first-order valence-electron chi connectivity index (χ1n) is 11.2. The van der Waals surface area contributed by atoms with E-state index in [4.69, 9.17) is 5.21 Å². The molecular formula is C23H29N3O7S2. The third-order valence-corrected chi connectivity index (χ3v) is 11.4. The second-order valence-electron chi connectivity index (χ2n) is 10.0. The van der Waals surface area contributed by atoms with Crippen LogP contribution in [0.2, 0.25) is 0 Å². The zero-order valence-corrected chi connectivity index (χ0v) is 21.2. The number of sulfonamides is 2.